The van der Waals surface area contributed by atoms with Crippen LogP contribution in [0.25, 0.3) is 0 Å². The van der Waals surface area contributed by atoms with Crippen LogP contribution in [0.15, 0.2) is 91.0 Å². The van der Waals surface area contributed by atoms with Crippen molar-refractivity contribution in [2.24, 2.45) is 17.8 Å². The van der Waals surface area contributed by atoms with Crippen molar-refractivity contribution < 1.29 is 14.4 Å². The van der Waals surface area contributed by atoms with Crippen LogP contribution in [0, 0.1) is 17.8 Å². The molecule has 0 bridgehead atoms. The second-order valence-corrected chi connectivity index (χ2v) is 9.91. The van der Waals surface area contributed by atoms with E-state index >= 15 is 0 Å². The number of nitrogens with one attached hydrogen (secondary N) is 6. The van der Waals surface area contributed by atoms with Gasteiger partial charge in [-0.2, -0.15) is 0 Å². The molecule has 204 valence electrons. The fourth-order valence-electron chi connectivity index (χ4n) is 5.00. The van der Waals surface area contributed by atoms with Crippen LogP contribution in [0.4, 0.5) is 31.4 Å². The molecule has 0 aromatic heterocycles. The van der Waals surface area contributed by atoms with Gasteiger partial charge in [-0.05, 0) is 73.4 Å². The molecule has 0 radical (unpaired) electrons. The van der Waals surface area contributed by atoms with Gasteiger partial charge < -0.3 is 31.9 Å². The maximum atomic E-state index is 12.4. The summed E-state index contributed by atoms with van der Waals surface area (Å²) in [5.41, 5.74) is 2.20. The Balaban J connectivity index is 1.29. The molecule has 6 amide bonds. The Morgan fingerprint density at radius 2 is 0.718 bits per heavy atom. The van der Waals surface area contributed by atoms with Crippen molar-refractivity contribution in [2.45, 2.75) is 19.3 Å². The maximum absolute atomic E-state index is 12.4. The lowest BCUT2D eigenvalue weighted by Crippen LogP contribution is -2.42. The van der Waals surface area contributed by atoms with Gasteiger partial charge in [0.2, 0.25) is 0 Å². The van der Waals surface area contributed by atoms with Gasteiger partial charge in [0.05, 0.1) is 0 Å². The van der Waals surface area contributed by atoms with Gasteiger partial charge in [0, 0.05) is 36.7 Å². The Kier molecular flexibility index (Phi) is 10.2. The van der Waals surface area contributed by atoms with Gasteiger partial charge in [0.15, 0.2) is 0 Å². The lowest BCUT2D eigenvalue weighted by Gasteiger charge is -2.35. The van der Waals surface area contributed by atoms with Gasteiger partial charge in [0.25, 0.3) is 0 Å². The minimum absolute atomic E-state index is 0.216. The van der Waals surface area contributed by atoms with Crippen molar-refractivity contribution >= 4 is 35.2 Å². The van der Waals surface area contributed by atoms with Crippen LogP contribution in [0.5, 0.6) is 0 Å². The summed E-state index contributed by atoms with van der Waals surface area (Å²) >= 11 is 0. The molecule has 1 saturated carbocycles. The van der Waals surface area contributed by atoms with Crippen molar-refractivity contribution in [3.8, 4) is 0 Å². The Hall–Kier alpha value is -4.53. The summed E-state index contributed by atoms with van der Waals surface area (Å²) in [5.74, 6) is 0.648. The lowest BCUT2D eigenvalue weighted by molar-refractivity contribution is 0.184. The van der Waals surface area contributed by atoms with Crippen LogP contribution in [-0.2, 0) is 0 Å². The summed E-state index contributed by atoms with van der Waals surface area (Å²) in [7, 11) is 0. The second-order valence-electron chi connectivity index (χ2n) is 9.91. The molecular weight excluding hydrogens is 492 g/mol. The third-order valence-corrected chi connectivity index (χ3v) is 6.75. The number of rotatable bonds is 9. The third kappa shape index (κ3) is 9.70. The molecule has 6 N–H and O–H groups in total. The number of hydrogen-bond acceptors (Lipinski definition) is 3. The largest absolute Gasteiger partial charge is 0.338 e. The first-order chi connectivity index (χ1) is 19.0. The SMILES string of the molecule is O=C(NCC1CC(CNC(=O)Nc2ccccc2)CC(CNC(=O)Nc2ccccc2)C1)Nc1ccccc1. The predicted molar refractivity (Wildman–Crippen MR) is 155 cm³/mol. The summed E-state index contributed by atoms with van der Waals surface area (Å²) in [6.07, 6.45) is 2.60. The van der Waals surface area contributed by atoms with Crippen molar-refractivity contribution in [1.29, 1.82) is 0 Å². The van der Waals surface area contributed by atoms with Crippen LogP contribution in [0.1, 0.15) is 19.3 Å². The highest BCUT2D eigenvalue weighted by molar-refractivity contribution is 5.90. The summed E-state index contributed by atoms with van der Waals surface area (Å²) in [6, 6.07) is 27.2. The lowest BCUT2D eigenvalue weighted by atomic mass is 9.75. The molecule has 3 aromatic carbocycles. The first kappa shape index (κ1) is 27.5. The quantitative estimate of drug-likeness (QED) is 0.220. The van der Waals surface area contributed by atoms with E-state index in [-0.39, 0.29) is 35.8 Å². The average Bonchev–Trinajstić information content (AvgIpc) is 2.95. The molecule has 1 aliphatic rings. The fraction of sp³-hybridized carbons (Fsp3) is 0.300. The van der Waals surface area contributed by atoms with Crippen LogP contribution in [0.3, 0.4) is 0 Å². The zero-order valence-corrected chi connectivity index (χ0v) is 21.9. The van der Waals surface area contributed by atoms with Gasteiger partial charge in [-0.25, -0.2) is 14.4 Å². The number of benzene rings is 3. The summed E-state index contributed by atoms with van der Waals surface area (Å²) in [4.78, 5) is 37.3. The van der Waals surface area contributed by atoms with E-state index in [0.29, 0.717) is 19.6 Å². The molecule has 0 spiro atoms. The number of anilines is 3. The molecule has 0 saturated heterocycles. The standard InChI is InChI=1S/C30H36N6O3/c37-28(34-25-10-4-1-5-11-25)31-19-22-16-23(20-32-29(38)35-26-12-6-2-7-13-26)18-24(17-22)21-33-30(39)36-27-14-8-3-9-15-27/h1-15,22-24H,16-21H2,(H2,31,34,37)(H2,32,35,38)(H2,33,36,39). The van der Waals surface area contributed by atoms with E-state index in [1.165, 1.54) is 0 Å². The molecule has 9 nitrogen and oxygen atoms in total. The summed E-state index contributed by atoms with van der Waals surface area (Å²) < 4.78 is 0. The number of amides is 6. The molecule has 39 heavy (non-hydrogen) atoms. The molecule has 9 heteroatoms. The molecule has 1 aliphatic carbocycles. The highest BCUT2D eigenvalue weighted by Crippen LogP contribution is 2.33. The number of carbonyl (C=O) groups excluding carboxylic acids is 3. The van der Waals surface area contributed by atoms with Crippen molar-refractivity contribution in [3.05, 3.63) is 91.0 Å². The highest BCUT2D eigenvalue weighted by atomic mass is 16.2. The Labute approximate surface area is 229 Å². The Morgan fingerprint density at radius 3 is 0.974 bits per heavy atom. The van der Waals surface area contributed by atoms with Crippen molar-refractivity contribution in [2.75, 3.05) is 35.6 Å². The molecule has 3 aromatic rings. The summed E-state index contributed by atoms with van der Waals surface area (Å²) in [6.45, 7) is 1.54. The molecule has 0 atom stereocenters. The first-order valence-electron chi connectivity index (χ1n) is 13.3. The zero-order chi connectivity index (χ0) is 27.3. The zero-order valence-electron chi connectivity index (χ0n) is 21.9. The van der Waals surface area contributed by atoms with Crippen LogP contribution >= 0.6 is 0 Å². The summed E-state index contributed by atoms with van der Waals surface area (Å²) in [5, 5.41) is 17.5. The molecular formula is C30H36N6O3. The van der Waals surface area contributed by atoms with E-state index in [2.05, 4.69) is 31.9 Å². The van der Waals surface area contributed by atoms with E-state index < -0.39 is 0 Å². The first-order valence-corrected chi connectivity index (χ1v) is 13.3. The molecule has 0 heterocycles. The molecule has 0 unspecified atom stereocenters. The molecule has 0 aliphatic heterocycles. The van der Waals surface area contributed by atoms with E-state index in [9.17, 15) is 14.4 Å². The number of urea groups is 3. The normalized spacial score (nSPS) is 18.3. The fourth-order valence-corrected chi connectivity index (χ4v) is 5.00. The van der Waals surface area contributed by atoms with Crippen LogP contribution < -0.4 is 31.9 Å². The number of carbonyl (C=O) groups is 3. The van der Waals surface area contributed by atoms with Gasteiger partial charge in [0.1, 0.15) is 0 Å². The monoisotopic (exact) mass is 528 g/mol. The third-order valence-electron chi connectivity index (χ3n) is 6.75. The minimum Gasteiger partial charge on any atom is -0.338 e. The van der Waals surface area contributed by atoms with E-state index in [4.69, 9.17) is 0 Å². The smallest absolute Gasteiger partial charge is 0.319 e. The van der Waals surface area contributed by atoms with E-state index in [1.807, 2.05) is 91.0 Å². The van der Waals surface area contributed by atoms with Crippen LogP contribution in [0.2, 0.25) is 0 Å². The number of hydrogen-bond donors (Lipinski definition) is 6. The van der Waals surface area contributed by atoms with Gasteiger partial charge >= 0.3 is 18.1 Å². The topological polar surface area (TPSA) is 123 Å². The average molecular weight is 529 g/mol. The maximum Gasteiger partial charge on any atom is 0.319 e. The minimum atomic E-state index is -0.249. The highest BCUT2D eigenvalue weighted by Gasteiger charge is 2.29. The van der Waals surface area contributed by atoms with E-state index in [0.717, 1.165) is 36.3 Å². The molecule has 4 rings (SSSR count). The van der Waals surface area contributed by atoms with Gasteiger partial charge in [-0.1, -0.05) is 54.6 Å². The van der Waals surface area contributed by atoms with Crippen LogP contribution in [-0.4, -0.2) is 37.7 Å². The predicted octanol–water partition coefficient (Wildman–Crippen LogP) is 5.48. The number of para-hydroxylation sites is 3. The van der Waals surface area contributed by atoms with Gasteiger partial charge in [-0.15, -0.1) is 0 Å². The Morgan fingerprint density at radius 1 is 0.462 bits per heavy atom. The Bertz CT molecular complexity index is 1040. The van der Waals surface area contributed by atoms with E-state index in [1.54, 1.807) is 0 Å². The second kappa shape index (κ2) is 14.4. The van der Waals surface area contributed by atoms with Crippen molar-refractivity contribution in [1.82, 2.24) is 16.0 Å². The van der Waals surface area contributed by atoms with Gasteiger partial charge in [-0.3, -0.25) is 0 Å². The van der Waals surface area contributed by atoms with Crippen molar-refractivity contribution in [3.63, 3.8) is 0 Å². The molecule has 1 fully saturated rings.